The fourth-order valence-corrected chi connectivity index (χ4v) is 2.97. The fourth-order valence-electron chi connectivity index (χ4n) is 2.49. The second-order valence-corrected chi connectivity index (χ2v) is 5.35. The summed E-state index contributed by atoms with van der Waals surface area (Å²) in [4.78, 5) is 13.6. The van der Waals surface area contributed by atoms with Gasteiger partial charge < -0.3 is 10.6 Å². The molecule has 0 radical (unpaired) electrons. The Morgan fingerprint density at radius 1 is 1.56 bits per heavy atom. The molecule has 1 aliphatic heterocycles. The summed E-state index contributed by atoms with van der Waals surface area (Å²) in [5, 5.41) is 0. The summed E-state index contributed by atoms with van der Waals surface area (Å²) in [5.74, 6) is -0.227. The van der Waals surface area contributed by atoms with Crippen molar-refractivity contribution in [1.29, 1.82) is 0 Å². The van der Waals surface area contributed by atoms with E-state index in [9.17, 15) is 9.18 Å². The van der Waals surface area contributed by atoms with E-state index in [2.05, 4.69) is 15.9 Å². The lowest BCUT2D eigenvalue weighted by molar-refractivity contribution is -0.137. The molecule has 3 nitrogen and oxygen atoms in total. The number of rotatable bonds is 2. The van der Waals surface area contributed by atoms with E-state index in [4.69, 9.17) is 5.73 Å². The van der Waals surface area contributed by atoms with Crippen molar-refractivity contribution in [1.82, 2.24) is 4.90 Å². The Morgan fingerprint density at radius 2 is 2.28 bits per heavy atom. The van der Waals surface area contributed by atoms with E-state index in [0.29, 0.717) is 19.4 Å². The lowest BCUT2D eigenvalue weighted by atomic mass is 9.90. The quantitative estimate of drug-likeness (QED) is 0.912. The Bertz CT molecular complexity index is 466. The number of halogens is 2. The van der Waals surface area contributed by atoms with Crippen molar-refractivity contribution in [2.24, 2.45) is 5.73 Å². The number of hydrogen-bond donors (Lipinski definition) is 1. The van der Waals surface area contributed by atoms with Crippen molar-refractivity contribution >= 4 is 21.8 Å². The summed E-state index contributed by atoms with van der Waals surface area (Å²) in [6.45, 7) is 2.50. The van der Waals surface area contributed by atoms with Gasteiger partial charge in [-0.3, -0.25) is 4.79 Å². The van der Waals surface area contributed by atoms with Crippen molar-refractivity contribution in [3.05, 3.63) is 34.1 Å². The molecule has 1 amide bonds. The van der Waals surface area contributed by atoms with Crippen LogP contribution in [0.15, 0.2) is 22.7 Å². The molecule has 0 aliphatic carbocycles. The maximum Gasteiger partial charge on any atom is 0.223 e. The molecule has 1 aromatic rings. The highest BCUT2D eigenvalue weighted by Crippen LogP contribution is 2.35. The molecule has 2 rings (SSSR count). The first-order valence-electron chi connectivity index (χ1n) is 6.04. The second-order valence-electron chi connectivity index (χ2n) is 4.49. The van der Waals surface area contributed by atoms with Gasteiger partial charge in [-0.05, 0) is 37.1 Å². The zero-order valence-corrected chi connectivity index (χ0v) is 11.8. The van der Waals surface area contributed by atoms with Gasteiger partial charge in [-0.2, -0.15) is 0 Å². The van der Waals surface area contributed by atoms with Gasteiger partial charge in [0, 0.05) is 23.5 Å². The third-order valence-corrected chi connectivity index (χ3v) is 4.09. The van der Waals surface area contributed by atoms with Crippen LogP contribution in [0.1, 0.15) is 31.4 Å². The van der Waals surface area contributed by atoms with Gasteiger partial charge in [0.15, 0.2) is 0 Å². The van der Waals surface area contributed by atoms with Gasteiger partial charge in [-0.1, -0.05) is 15.9 Å². The van der Waals surface area contributed by atoms with E-state index in [1.54, 1.807) is 11.0 Å². The maximum atomic E-state index is 13.4. The molecule has 1 saturated heterocycles. The van der Waals surface area contributed by atoms with Gasteiger partial charge in [0.05, 0.1) is 6.04 Å². The lowest BCUT2D eigenvalue weighted by Gasteiger charge is -2.39. The van der Waals surface area contributed by atoms with Crippen LogP contribution >= 0.6 is 15.9 Å². The third kappa shape index (κ3) is 2.42. The third-order valence-electron chi connectivity index (χ3n) is 3.37. The van der Waals surface area contributed by atoms with E-state index < -0.39 is 0 Å². The molecule has 98 valence electrons. The Labute approximate surface area is 114 Å². The van der Waals surface area contributed by atoms with Crippen LogP contribution in [0.3, 0.4) is 0 Å². The van der Waals surface area contributed by atoms with Crippen LogP contribution in [0, 0.1) is 5.82 Å². The lowest BCUT2D eigenvalue weighted by Crippen LogP contribution is -2.48. The predicted molar refractivity (Wildman–Crippen MR) is 71.4 cm³/mol. The summed E-state index contributed by atoms with van der Waals surface area (Å²) < 4.78 is 14.2. The number of carbonyl (C=O) groups is 1. The van der Waals surface area contributed by atoms with Crippen LogP contribution in [0.5, 0.6) is 0 Å². The van der Waals surface area contributed by atoms with Crippen molar-refractivity contribution in [2.45, 2.75) is 31.8 Å². The Kier molecular flexibility index (Phi) is 4.02. The molecule has 5 heteroatoms. The number of piperidine rings is 1. The molecule has 1 heterocycles. The number of hydrogen-bond acceptors (Lipinski definition) is 2. The van der Waals surface area contributed by atoms with Crippen molar-refractivity contribution < 1.29 is 9.18 Å². The van der Waals surface area contributed by atoms with Crippen LogP contribution < -0.4 is 5.73 Å². The number of nitrogens with zero attached hydrogens (tertiary/aromatic N) is 1. The topological polar surface area (TPSA) is 46.3 Å². The van der Waals surface area contributed by atoms with Gasteiger partial charge in [0.2, 0.25) is 5.91 Å². The normalized spacial score (nSPS) is 24.4. The number of benzene rings is 1. The second kappa shape index (κ2) is 5.36. The molecule has 1 aliphatic rings. The van der Waals surface area contributed by atoms with Crippen molar-refractivity contribution in [3.63, 3.8) is 0 Å². The number of likely N-dealkylation sites (tertiary alicyclic amines) is 1. The molecule has 0 spiro atoms. The highest BCUT2D eigenvalue weighted by molar-refractivity contribution is 9.10. The van der Waals surface area contributed by atoms with E-state index in [1.807, 2.05) is 6.92 Å². The van der Waals surface area contributed by atoms with Crippen LogP contribution in [0.25, 0.3) is 0 Å². The van der Waals surface area contributed by atoms with Gasteiger partial charge in [-0.15, -0.1) is 0 Å². The molecule has 1 aromatic carbocycles. The fraction of sp³-hybridized carbons (Fsp3) is 0.462. The zero-order valence-electron chi connectivity index (χ0n) is 10.2. The minimum Gasteiger partial charge on any atom is -0.334 e. The van der Waals surface area contributed by atoms with Gasteiger partial charge in [0.1, 0.15) is 5.82 Å². The first-order chi connectivity index (χ1) is 8.54. The van der Waals surface area contributed by atoms with Crippen LogP contribution in [-0.2, 0) is 4.79 Å². The summed E-state index contributed by atoms with van der Waals surface area (Å²) in [6, 6.07) is 4.10. The Hall–Kier alpha value is -0.940. The van der Waals surface area contributed by atoms with Gasteiger partial charge in [0.25, 0.3) is 0 Å². The minimum atomic E-state index is -0.311. The summed E-state index contributed by atoms with van der Waals surface area (Å²) in [6.07, 6.45) is 1.11. The Balaban J connectivity index is 2.44. The smallest absolute Gasteiger partial charge is 0.223 e. The SMILES string of the molecule is CCN1C(=O)CCC(N)C1c1cc(F)ccc1Br. The highest BCUT2D eigenvalue weighted by Gasteiger charge is 2.35. The molecular formula is C13H16BrFN2O. The average molecular weight is 315 g/mol. The van der Waals surface area contributed by atoms with Crippen molar-refractivity contribution in [2.75, 3.05) is 6.54 Å². The first-order valence-corrected chi connectivity index (χ1v) is 6.84. The van der Waals surface area contributed by atoms with E-state index in [-0.39, 0.29) is 23.8 Å². The van der Waals surface area contributed by atoms with Gasteiger partial charge >= 0.3 is 0 Å². The number of amides is 1. The van der Waals surface area contributed by atoms with E-state index >= 15 is 0 Å². The molecular weight excluding hydrogens is 299 g/mol. The number of carbonyl (C=O) groups excluding carboxylic acids is 1. The number of nitrogens with two attached hydrogens (primary N) is 1. The monoisotopic (exact) mass is 314 g/mol. The number of likely N-dealkylation sites (N-methyl/N-ethyl adjacent to an activating group) is 1. The molecule has 0 saturated carbocycles. The van der Waals surface area contributed by atoms with Gasteiger partial charge in [-0.25, -0.2) is 4.39 Å². The maximum absolute atomic E-state index is 13.4. The minimum absolute atomic E-state index is 0.0837. The first kappa shape index (κ1) is 13.5. The Morgan fingerprint density at radius 3 is 2.94 bits per heavy atom. The standard InChI is InChI=1S/C13H16BrFN2O/c1-2-17-12(18)6-5-11(16)13(17)9-7-8(15)3-4-10(9)14/h3-4,7,11,13H,2,5-6,16H2,1H3. The largest absolute Gasteiger partial charge is 0.334 e. The van der Waals surface area contributed by atoms with Crippen LogP contribution in [0.4, 0.5) is 4.39 Å². The van der Waals surface area contributed by atoms with Crippen LogP contribution in [-0.4, -0.2) is 23.4 Å². The zero-order chi connectivity index (χ0) is 13.3. The van der Waals surface area contributed by atoms with E-state index in [0.717, 1.165) is 10.0 Å². The predicted octanol–water partition coefficient (Wildman–Crippen LogP) is 2.60. The van der Waals surface area contributed by atoms with Crippen LogP contribution in [0.2, 0.25) is 0 Å². The molecule has 0 aromatic heterocycles. The molecule has 2 atom stereocenters. The summed E-state index contributed by atoms with van der Waals surface area (Å²) in [5.41, 5.74) is 6.87. The molecule has 2 unspecified atom stereocenters. The summed E-state index contributed by atoms with van der Waals surface area (Å²) >= 11 is 3.41. The molecule has 0 bridgehead atoms. The molecule has 2 N–H and O–H groups in total. The molecule has 18 heavy (non-hydrogen) atoms. The molecule has 1 fully saturated rings. The average Bonchev–Trinajstić information content (AvgIpc) is 2.35. The van der Waals surface area contributed by atoms with E-state index in [1.165, 1.54) is 12.1 Å². The van der Waals surface area contributed by atoms with Crippen molar-refractivity contribution in [3.8, 4) is 0 Å². The highest BCUT2D eigenvalue weighted by atomic mass is 79.9. The summed E-state index contributed by atoms with van der Waals surface area (Å²) in [7, 11) is 0.